The average molecular weight is 315 g/mol. The molecule has 0 unspecified atom stereocenters. The highest BCUT2D eigenvalue weighted by molar-refractivity contribution is 6.06. The molecule has 1 amide bonds. The Balaban J connectivity index is 1.98. The molecule has 0 aliphatic rings. The van der Waals surface area contributed by atoms with Crippen molar-refractivity contribution >= 4 is 11.6 Å². The smallest absolute Gasteiger partial charge is 0.259 e. The summed E-state index contributed by atoms with van der Waals surface area (Å²) >= 11 is 0. The van der Waals surface area contributed by atoms with E-state index in [1.807, 2.05) is 6.07 Å². The molecule has 0 radical (unpaired) electrons. The number of halogens is 1. The number of hydrogen-bond donors (Lipinski definition) is 1. The maximum Gasteiger partial charge on any atom is 0.259 e. The third-order valence-corrected chi connectivity index (χ3v) is 3.49. The maximum atomic E-state index is 12.9. The molecule has 0 atom stereocenters. The number of para-hydroxylation sites is 1. The standard InChI is InChI=1S/C19H22FNO2/c1-2-3-4-7-14-23-18-9-6-5-8-17(18)19(22)21-16-12-10-15(20)11-13-16/h5-6,8-13H,2-4,7,14H2,1H3,(H,21,22). The van der Waals surface area contributed by atoms with E-state index in [2.05, 4.69) is 12.2 Å². The Kier molecular flexibility index (Phi) is 6.60. The van der Waals surface area contributed by atoms with Crippen molar-refractivity contribution in [1.29, 1.82) is 0 Å². The Morgan fingerprint density at radius 2 is 1.78 bits per heavy atom. The lowest BCUT2D eigenvalue weighted by atomic mass is 10.1. The number of rotatable bonds is 8. The van der Waals surface area contributed by atoms with Crippen molar-refractivity contribution < 1.29 is 13.9 Å². The highest BCUT2D eigenvalue weighted by Gasteiger charge is 2.12. The van der Waals surface area contributed by atoms with E-state index in [1.54, 1.807) is 18.2 Å². The van der Waals surface area contributed by atoms with Crippen LogP contribution in [0.2, 0.25) is 0 Å². The molecule has 0 bridgehead atoms. The molecule has 0 fully saturated rings. The topological polar surface area (TPSA) is 38.3 Å². The Morgan fingerprint density at radius 1 is 1.04 bits per heavy atom. The maximum absolute atomic E-state index is 12.9. The van der Waals surface area contributed by atoms with Crippen LogP contribution in [0.5, 0.6) is 5.75 Å². The van der Waals surface area contributed by atoms with Gasteiger partial charge in [0, 0.05) is 5.69 Å². The monoisotopic (exact) mass is 315 g/mol. The predicted octanol–water partition coefficient (Wildman–Crippen LogP) is 5.04. The summed E-state index contributed by atoms with van der Waals surface area (Å²) < 4.78 is 18.6. The second kappa shape index (κ2) is 8.93. The van der Waals surface area contributed by atoms with E-state index in [0.29, 0.717) is 23.6 Å². The van der Waals surface area contributed by atoms with Gasteiger partial charge in [0.05, 0.1) is 12.2 Å². The van der Waals surface area contributed by atoms with Crippen LogP contribution in [-0.2, 0) is 0 Å². The third-order valence-electron chi connectivity index (χ3n) is 3.49. The molecule has 0 aromatic heterocycles. The van der Waals surface area contributed by atoms with Gasteiger partial charge in [0.25, 0.3) is 5.91 Å². The summed E-state index contributed by atoms with van der Waals surface area (Å²) in [4.78, 5) is 12.4. The van der Waals surface area contributed by atoms with Crippen LogP contribution in [0, 0.1) is 5.82 Å². The molecule has 122 valence electrons. The summed E-state index contributed by atoms with van der Waals surface area (Å²) in [6.07, 6.45) is 4.47. The number of amides is 1. The number of benzene rings is 2. The van der Waals surface area contributed by atoms with E-state index in [1.165, 1.54) is 37.1 Å². The second-order valence-electron chi connectivity index (χ2n) is 5.37. The van der Waals surface area contributed by atoms with E-state index in [0.717, 1.165) is 12.8 Å². The van der Waals surface area contributed by atoms with Crippen molar-refractivity contribution in [2.45, 2.75) is 32.6 Å². The first kappa shape index (κ1) is 17.0. The van der Waals surface area contributed by atoms with Gasteiger partial charge in [-0.3, -0.25) is 4.79 Å². The van der Waals surface area contributed by atoms with Gasteiger partial charge < -0.3 is 10.1 Å². The molecule has 0 saturated carbocycles. The van der Waals surface area contributed by atoms with Crippen LogP contribution in [0.1, 0.15) is 43.0 Å². The minimum atomic E-state index is -0.334. The number of ether oxygens (including phenoxy) is 1. The zero-order valence-corrected chi connectivity index (χ0v) is 13.3. The normalized spacial score (nSPS) is 10.3. The summed E-state index contributed by atoms with van der Waals surface area (Å²) in [6, 6.07) is 12.8. The van der Waals surface area contributed by atoms with Gasteiger partial charge in [-0.15, -0.1) is 0 Å². The minimum Gasteiger partial charge on any atom is -0.493 e. The van der Waals surface area contributed by atoms with Crippen molar-refractivity contribution in [3.63, 3.8) is 0 Å². The molecule has 0 aliphatic carbocycles. The summed E-state index contributed by atoms with van der Waals surface area (Å²) in [7, 11) is 0. The zero-order chi connectivity index (χ0) is 16.5. The summed E-state index contributed by atoms with van der Waals surface area (Å²) in [5.41, 5.74) is 1.03. The van der Waals surface area contributed by atoms with E-state index in [9.17, 15) is 9.18 Å². The van der Waals surface area contributed by atoms with Crippen LogP contribution < -0.4 is 10.1 Å². The Morgan fingerprint density at radius 3 is 2.52 bits per heavy atom. The lowest BCUT2D eigenvalue weighted by Gasteiger charge is -2.11. The zero-order valence-electron chi connectivity index (χ0n) is 13.3. The Bertz CT molecular complexity index is 626. The fourth-order valence-corrected chi connectivity index (χ4v) is 2.22. The number of carbonyl (C=O) groups excluding carboxylic acids is 1. The van der Waals surface area contributed by atoms with Gasteiger partial charge in [-0.25, -0.2) is 4.39 Å². The molecule has 2 aromatic carbocycles. The SMILES string of the molecule is CCCCCCOc1ccccc1C(=O)Nc1ccc(F)cc1. The van der Waals surface area contributed by atoms with Gasteiger partial charge in [0.1, 0.15) is 11.6 Å². The number of anilines is 1. The molecule has 0 spiro atoms. The molecule has 0 aliphatic heterocycles. The molecule has 3 nitrogen and oxygen atoms in total. The summed E-state index contributed by atoms with van der Waals surface area (Å²) in [6.45, 7) is 2.76. The molecule has 2 aromatic rings. The molecule has 0 saturated heterocycles. The molecule has 4 heteroatoms. The van der Waals surface area contributed by atoms with Gasteiger partial charge >= 0.3 is 0 Å². The van der Waals surface area contributed by atoms with Gasteiger partial charge in [0.2, 0.25) is 0 Å². The van der Waals surface area contributed by atoms with Crippen LogP contribution >= 0.6 is 0 Å². The van der Waals surface area contributed by atoms with Gasteiger partial charge in [0.15, 0.2) is 0 Å². The fourth-order valence-electron chi connectivity index (χ4n) is 2.22. The van der Waals surface area contributed by atoms with Gasteiger partial charge in [-0.1, -0.05) is 38.3 Å². The minimum absolute atomic E-state index is 0.263. The van der Waals surface area contributed by atoms with E-state index in [4.69, 9.17) is 4.74 Å². The number of hydrogen-bond acceptors (Lipinski definition) is 2. The molecular weight excluding hydrogens is 293 g/mol. The summed E-state index contributed by atoms with van der Waals surface area (Å²) in [5, 5.41) is 2.75. The molecular formula is C19H22FNO2. The molecule has 0 heterocycles. The summed E-state index contributed by atoms with van der Waals surface area (Å²) in [5.74, 6) is -0.0248. The highest BCUT2D eigenvalue weighted by atomic mass is 19.1. The number of nitrogens with one attached hydrogen (secondary N) is 1. The van der Waals surface area contributed by atoms with E-state index in [-0.39, 0.29) is 11.7 Å². The van der Waals surface area contributed by atoms with Crippen LogP contribution in [0.4, 0.5) is 10.1 Å². The first-order valence-electron chi connectivity index (χ1n) is 7.99. The first-order valence-corrected chi connectivity index (χ1v) is 7.99. The van der Waals surface area contributed by atoms with Crippen molar-refractivity contribution in [1.82, 2.24) is 0 Å². The Labute approximate surface area is 136 Å². The van der Waals surface area contributed by atoms with Gasteiger partial charge in [-0.2, -0.15) is 0 Å². The fraction of sp³-hybridized carbons (Fsp3) is 0.316. The lowest BCUT2D eigenvalue weighted by Crippen LogP contribution is -2.14. The van der Waals surface area contributed by atoms with Crippen LogP contribution in [0.3, 0.4) is 0 Å². The van der Waals surface area contributed by atoms with Crippen LogP contribution in [0.15, 0.2) is 48.5 Å². The lowest BCUT2D eigenvalue weighted by molar-refractivity contribution is 0.102. The Hall–Kier alpha value is -2.36. The number of carbonyl (C=O) groups is 1. The molecule has 23 heavy (non-hydrogen) atoms. The third kappa shape index (κ3) is 5.40. The van der Waals surface area contributed by atoms with Crippen molar-refractivity contribution in [3.8, 4) is 5.75 Å². The van der Waals surface area contributed by atoms with E-state index < -0.39 is 0 Å². The molecule has 1 N–H and O–H groups in total. The highest BCUT2D eigenvalue weighted by Crippen LogP contribution is 2.20. The largest absolute Gasteiger partial charge is 0.493 e. The predicted molar refractivity (Wildman–Crippen MR) is 90.4 cm³/mol. The van der Waals surface area contributed by atoms with E-state index >= 15 is 0 Å². The first-order chi connectivity index (χ1) is 11.2. The van der Waals surface area contributed by atoms with Crippen LogP contribution in [-0.4, -0.2) is 12.5 Å². The molecule has 2 rings (SSSR count). The van der Waals surface area contributed by atoms with Crippen LogP contribution in [0.25, 0.3) is 0 Å². The van der Waals surface area contributed by atoms with Crippen molar-refractivity contribution in [2.75, 3.05) is 11.9 Å². The van der Waals surface area contributed by atoms with Crippen molar-refractivity contribution in [3.05, 3.63) is 59.9 Å². The van der Waals surface area contributed by atoms with Gasteiger partial charge in [-0.05, 0) is 42.8 Å². The van der Waals surface area contributed by atoms with Crippen molar-refractivity contribution in [2.24, 2.45) is 0 Å². The average Bonchev–Trinajstić information content (AvgIpc) is 2.57. The number of unbranched alkanes of at least 4 members (excludes halogenated alkanes) is 3. The second-order valence-corrected chi connectivity index (χ2v) is 5.37. The quantitative estimate of drug-likeness (QED) is 0.693.